The van der Waals surface area contributed by atoms with Crippen molar-refractivity contribution in [3.8, 4) is 0 Å². The number of hydrogen-bond donors (Lipinski definition) is 2. The van der Waals surface area contributed by atoms with Gasteiger partial charge in [0.25, 0.3) is 0 Å². The molecule has 1 aliphatic rings. The predicted molar refractivity (Wildman–Crippen MR) is 54.7 cm³/mol. The van der Waals surface area contributed by atoms with Gasteiger partial charge in [-0.25, -0.2) is 8.78 Å². The highest BCUT2D eigenvalue weighted by molar-refractivity contribution is 5.19. The van der Waals surface area contributed by atoms with Crippen molar-refractivity contribution in [3.05, 3.63) is 35.4 Å². The molecule has 2 N–H and O–H groups in total. The second-order valence-electron chi connectivity index (χ2n) is 3.80. The first-order valence-electron chi connectivity index (χ1n) is 5.14. The van der Waals surface area contributed by atoms with E-state index in [1.54, 1.807) is 0 Å². The van der Waals surface area contributed by atoms with Crippen molar-refractivity contribution in [1.29, 1.82) is 0 Å². The minimum Gasteiger partial charge on any atom is -0.314 e. The molecule has 2 nitrogen and oxygen atoms in total. The van der Waals surface area contributed by atoms with Gasteiger partial charge in [0.1, 0.15) is 11.6 Å². The number of halogens is 2. The zero-order valence-corrected chi connectivity index (χ0v) is 8.39. The van der Waals surface area contributed by atoms with Crippen LogP contribution in [-0.4, -0.2) is 25.7 Å². The number of hydrogen-bond acceptors (Lipinski definition) is 2. The van der Waals surface area contributed by atoms with Crippen LogP contribution in [-0.2, 0) is 6.42 Å². The maximum absolute atomic E-state index is 13.3. The lowest BCUT2D eigenvalue weighted by molar-refractivity contribution is 0.411. The Bertz CT molecular complexity index is 335. The molecule has 1 atom stereocenters. The third kappa shape index (κ3) is 2.73. The third-order valence-electron chi connectivity index (χ3n) is 2.61. The molecular weight excluding hydrogens is 198 g/mol. The average Bonchev–Trinajstić information content (AvgIpc) is 2.24. The van der Waals surface area contributed by atoms with E-state index in [9.17, 15) is 8.78 Å². The molecule has 0 unspecified atom stereocenters. The van der Waals surface area contributed by atoms with Gasteiger partial charge in [-0.3, -0.25) is 0 Å². The summed E-state index contributed by atoms with van der Waals surface area (Å²) in [6, 6.07) is 3.99. The van der Waals surface area contributed by atoms with Gasteiger partial charge in [-0.05, 0) is 18.1 Å². The molecule has 0 aliphatic carbocycles. The summed E-state index contributed by atoms with van der Waals surface area (Å²) in [4.78, 5) is 0. The smallest absolute Gasteiger partial charge is 0.129 e. The number of benzene rings is 1. The molecule has 1 heterocycles. The quantitative estimate of drug-likeness (QED) is 0.766. The van der Waals surface area contributed by atoms with E-state index < -0.39 is 11.6 Å². The second-order valence-corrected chi connectivity index (χ2v) is 3.80. The number of piperazine rings is 1. The van der Waals surface area contributed by atoms with Gasteiger partial charge in [0.05, 0.1) is 0 Å². The maximum atomic E-state index is 13.3. The Morgan fingerprint density at radius 2 is 2.13 bits per heavy atom. The van der Waals surface area contributed by atoms with Crippen LogP contribution in [0.2, 0.25) is 0 Å². The van der Waals surface area contributed by atoms with E-state index in [4.69, 9.17) is 0 Å². The molecule has 0 bridgehead atoms. The molecule has 1 aromatic carbocycles. The molecule has 0 saturated carbocycles. The molecule has 0 amide bonds. The lowest BCUT2D eigenvalue weighted by atomic mass is 10.0. The summed E-state index contributed by atoms with van der Waals surface area (Å²) in [6.07, 6.45) is 0.596. The highest BCUT2D eigenvalue weighted by Crippen LogP contribution is 2.11. The Morgan fingerprint density at radius 1 is 1.27 bits per heavy atom. The fourth-order valence-electron chi connectivity index (χ4n) is 1.81. The highest BCUT2D eigenvalue weighted by atomic mass is 19.1. The average molecular weight is 212 g/mol. The van der Waals surface area contributed by atoms with E-state index in [1.807, 2.05) is 0 Å². The van der Waals surface area contributed by atoms with Crippen LogP contribution in [0.25, 0.3) is 0 Å². The number of rotatable bonds is 2. The molecular formula is C11H14F2N2. The van der Waals surface area contributed by atoms with E-state index in [-0.39, 0.29) is 6.04 Å². The van der Waals surface area contributed by atoms with Crippen LogP contribution in [0, 0.1) is 11.6 Å². The van der Waals surface area contributed by atoms with Gasteiger partial charge in [-0.1, -0.05) is 6.07 Å². The van der Waals surface area contributed by atoms with Crippen LogP contribution >= 0.6 is 0 Å². The largest absolute Gasteiger partial charge is 0.314 e. The standard InChI is InChI=1S/C11H14F2N2/c12-9-2-1-8(11(13)6-9)5-10-7-14-3-4-15-10/h1-2,6,10,14-15H,3-5,7H2/t10-/m0/s1. The van der Waals surface area contributed by atoms with Gasteiger partial charge < -0.3 is 10.6 Å². The Labute approximate surface area is 87.7 Å². The van der Waals surface area contributed by atoms with Crippen LogP contribution in [0.4, 0.5) is 8.78 Å². The fourth-order valence-corrected chi connectivity index (χ4v) is 1.81. The van der Waals surface area contributed by atoms with Crippen LogP contribution in [0.3, 0.4) is 0 Å². The molecule has 0 aromatic heterocycles. The summed E-state index contributed by atoms with van der Waals surface area (Å²) in [5, 5.41) is 6.51. The van der Waals surface area contributed by atoms with Gasteiger partial charge in [-0.15, -0.1) is 0 Å². The van der Waals surface area contributed by atoms with Crippen molar-refractivity contribution < 1.29 is 8.78 Å². The SMILES string of the molecule is Fc1ccc(C[C@H]2CNCCN2)c(F)c1. The molecule has 0 spiro atoms. The normalized spacial score (nSPS) is 21.6. The summed E-state index contributed by atoms with van der Waals surface area (Å²) >= 11 is 0. The van der Waals surface area contributed by atoms with Crippen molar-refractivity contribution in [3.63, 3.8) is 0 Å². The Balaban J connectivity index is 2.03. The van der Waals surface area contributed by atoms with Crippen molar-refractivity contribution in [2.24, 2.45) is 0 Å². The summed E-state index contributed by atoms with van der Waals surface area (Å²) in [6.45, 7) is 2.67. The topological polar surface area (TPSA) is 24.1 Å². The van der Waals surface area contributed by atoms with Crippen molar-refractivity contribution in [2.45, 2.75) is 12.5 Å². The van der Waals surface area contributed by atoms with Crippen molar-refractivity contribution in [2.75, 3.05) is 19.6 Å². The predicted octanol–water partition coefficient (Wildman–Crippen LogP) is 1.07. The van der Waals surface area contributed by atoms with Crippen molar-refractivity contribution >= 4 is 0 Å². The molecule has 1 saturated heterocycles. The van der Waals surface area contributed by atoms with E-state index >= 15 is 0 Å². The molecule has 1 aromatic rings. The molecule has 4 heteroatoms. The lowest BCUT2D eigenvalue weighted by Crippen LogP contribution is -2.49. The van der Waals surface area contributed by atoms with E-state index in [1.165, 1.54) is 12.1 Å². The minimum atomic E-state index is -0.522. The van der Waals surface area contributed by atoms with Gasteiger partial charge in [0, 0.05) is 31.7 Å². The zero-order chi connectivity index (χ0) is 10.7. The van der Waals surface area contributed by atoms with Crippen LogP contribution in [0.5, 0.6) is 0 Å². The first kappa shape index (κ1) is 10.5. The molecule has 82 valence electrons. The number of nitrogens with one attached hydrogen (secondary N) is 2. The fraction of sp³-hybridized carbons (Fsp3) is 0.455. The van der Waals surface area contributed by atoms with Crippen LogP contribution < -0.4 is 10.6 Å². The maximum Gasteiger partial charge on any atom is 0.129 e. The summed E-state index contributed by atoms with van der Waals surface area (Å²) < 4.78 is 26.0. The summed E-state index contributed by atoms with van der Waals surface area (Å²) in [5.74, 6) is -0.978. The molecule has 1 fully saturated rings. The van der Waals surface area contributed by atoms with E-state index in [0.717, 1.165) is 25.7 Å². The van der Waals surface area contributed by atoms with Gasteiger partial charge in [0.2, 0.25) is 0 Å². The summed E-state index contributed by atoms with van der Waals surface area (Å²) in [7, 11) is 0. The van der Waals surface area contributed by atoms with Gasteiger partial charge in [-0.2, -0.15) is 0 Å². The lowest BCUT2D eigenvalue weighted by Gasteiger charge is -2.24. The Kier molecular flexibility index (Phi) is 3.28. The molecule has 1 aliphatic heterocycles. The Hall–Kier alpha value is -1.00. The molecule has 2 rings (SSSR count). The van der Waals surface area contributed by atoms with Gasteiger partial charge in [0.15, 0.2) is 0 Å². The second kappa shape index (κ2) is 4.68. The third-order valence-corrected chi connectivity index (χ3v) is 2.61. The van der Waals surface area contributed by atoms with Crippen molar-refractivity contribution in [1.82, 2.24) is 10.6 Å². The summed E-state index contributed by atoms with van der Waals surface area (Å²) in [5.41, 5.74) is 0.567. The molecule has 0 radical (unpaired) electrons. The van der Waals surface area contributed by atoms with Crippen LogP contribution in [0.1, 0.15) is 5.56 Å². The highest BCUT2D eigenvalue weighted by Gasteiger charge is 2.14. The first-order chi connectivity index (χ1) is 7.25. The monoisotopic (exact) mass is 212 g/mol. The van der Waals surface area contributed by atoms with E-state index in [0.29, 0.717) is 12.0 Å². The Morgan fingerprint density at radius 3 is 2.80 bits per heavy atom. The zero-order valence-electron chi connectivity index (χ0n) is 8.39. The molecule has 15 heavy (non-hydrogen) atoms. The van der Waals surface area contributed by atoms with Crippen LogP contribution in [0.15, 0.2) is 18.2 Å². The van der Waals surface area contributed by atoms with Gasteiger partial charge >= 0.3 is 0 Å². The first-order valence-corrected chi connectivity index (χ1v) is 5.14. The minimum absolute atomic E-state index is 0.235. The van der Waals surface area contributed by atoms with E-state index in [2.05, 4.69) is 10.6 Å².